The number of nitrogens with zero attached hydrogens (tertiary/aromatic N) is 2. The van der Waals surface area contributed by atoms with Crippen molar-refractivity contribution in [2.24, 2.45) is 0 Å². The summed E-state index contributed by atoms with van der Waals surface area (Å²) >= 11 is 0. The summed E-state index contributed by atoms with van der Waals surface area (Å²) in [4.78, 5) is 0. The van der Waals surface area contributed by atoms with Gasteiger partial charge in [-0.05, 0) is 178 Å². The van der Waals surface area contributed by atoms with Gasteiger partial charge in [-0.1, -0.05) is 170 Å². The molecule has 11 aromatic carbocycles. The van der Waals surface area contributed by atoms with Crippen LogP contribution in [-0.2, 0) is 0 Å². The molecule has 0 aliphatic carbocycles. The molecule has 0 saturated carbocycles. The number of aromatic nitrogens is 2. The Hall–Kier alpha value is -8.98. The van der Waals surface area contributed by atoms with Gasteiger partial charge in [-0.15, -0.1) is 0 Å². The van der Waals surface area contributed by atoms with Gasteiger partial charge >= 0.3 is 0 Å². The molecule has 0 amide bonds. The Labute approximate surface area is 430 Å². The van der Waals surface area contributed by atoms with Gasteiger partial charge in [-0.25, -0.2) is 0 Å². The molecule has 0 aliphatic rings. The summed E-state index contributed by atoms with van der Waals surface area (Å²) in [6.07, 6.45) is 0. The second kappa shape index (κ2) is 15.8. The maximum Gasteiger partial charge on any atom is 0.0620 e. The van der Waals surface area contributed by atoms with Crippen molar-refractivity contribution in [1.29, 1.82) is 0 Å². The number of hydrogen-bond acceptors (Lipinski definition) is 0. The Balaban J connectivity index is 0.732. The van der Waals surface area contributed by atoms with Gasteiger partial charge in [0.15, 0.2) is 0 Å². The van der Waals surface area contributed by atoms with Crippen molar-refractivity contribution in [2.45, 2.75) is 41.5 Å². The van der Waals surface area contributed by atoms with Crippen LogP contribution in [0.5, 0.6) is 0 Å². The van der Waals surface area contributed by atoms with E-state index in [-0.39, 0.29) is 0 Å². The second-order valence-electron chi connectivity index (χ2n) is 21.1. The Morgan fingerprint density at radius 2 is 0.662 bits per heavy atom. The van der Waals surface area contributed by atoms with Gasteiger partial charge < -0.3 is 8.80 Å². The van der Waals surface area contributed by atoms with Crippen molar-refractivity contribution in [3.05, 3.63) is 240 Å². The first-order chi connectivity index (χ1) is 36.2. The molecule has 0 fully saturated rings. The van der Waals surface area contributed by atoms with Crippen LogP contribution >= 0.6 is 0 Å². The highest BCUT2D eigenvalue weighted by Crippen LogP contribution is 2.46. The fourth-order valence-electron chi connectivity index (χ4n) is 13.3. The lowest BCUT2D eigenvalue weighted by Crippen LogP contribution is -1.94. The first-order valence-corrected chi connectivity index (χ1v) is 26.1. The van der Waals surface area contributed by atoms with Crippen molar-refractivity contribution in [2.75, 3.05) is 0 Å². The van der Waals surface area contributed by atoms with Gasteiger partial charge in [-0.2, -0.15) is 0 Å². The average Bonchev–Trinajstić information content (AvgIpc) is 4.26. The largest absolute Gasteiger partial charge is 0.308 e. The number of benzene rings is 11. The summed E-state index contributed by atoms with van der Waals surface area (Å²) in [7, 11) is 0. The maximum atomic E-state index is 2.51. The molecule has 350 valence electrons. The molecular weight excluding hydrogens is 893 g/mol. The molecule has 0 saturated heterocycles. The van der Waals surface area contributed by atoms with Crippen LogP contribution in [0.25, 0.3) is 143 Å². The zero-order chi connectivity index (χ0) is 49.7. The lowest BCUT2D eigenvalue weighted by atomic mass is 9.88. The minimum Gasteiger partial charge on any atom is -0.308 e. The SMILES string of the molecule is Cc1cc(-c2c(C)cccc2C)c(C)cc1-c1ccc2c(c1)c1cccc3c4c(-c5ccc(-c6ccc(-c7ccc(-c8ccc9c(c8)c8cccc%10c%11ccccc%11n9c%108)cc7C)c(C)c6)cc5)cccc4n2c13. The molecule has 4 heterocycles. The van der Waals surface area contributed by atoms with Crippen LogP contribution in [0.1, 0.15) is 33.4 Å². The first-order valence-electron chi connectivity index (χ1n) is 26.1. The molecule has 15 aromatic rings. The third-order valence-electron chi connectivity index (χ3n) is 16.8. The lowest BCUT2D eigenvalue weighted by Gasteiger charge is -2.16. The molecule has 2 nitrogen and oxygen atoms in total. The van der Waals surface area contributed by atoms with E-state index in [4.69, 9.17) is 0 Å². The van der Waals surface area contributed by atoms with Crippen molar-refractivity contribution >= 4 is 76.2 Å². The predicted molar refractivity (Wildman–Crippen MR) is 317 cm³/mol. The molecule has 2 heteroatoms. The van der Waals surface area contributed by atoms with Crippen LogP contribution in [0.3, 0.4) is 0 Å². The molecule has 4 aromatic heterocycles. The average molecular weight is 945 g/mol. The van der Waals surface area contributed by atoms with Crippen LogP contribution in [0.15, 0.2) is 206 Å². The van der Waals surface area contributed by atoms with Crippen molar-refractivity contribution in [3.63, 3.8) is 0 Å². The summed E-state index contributed by atoms with van der Waals surface area (Å²) in [6, 6.07) is 77.8. The van der Waals surface area contributed by atoms with Crippen molar-refractivity contribution < 1.29 is 0 Å². The van der Waals surface area contributed by atoms with Crippen molar-refractivity contribution in [1.82, 2.24) is 8.80 Å². The van der Waals surface area contributed by atoms with Gasteiger partial charge in [0.05, 0.1) is 33.1 Å². The van der Waals surface area contributed by atoms with Crippen LogP contribution in [0.4, 0.5) is 0 Å². The normalized spacial score (nSPS) is 12.2. The van der Waals surface area contributed by atoms with Gasteiger partial charge in [0.2, 0.25) is 0 Å². The zero-order valence-electron chi connectivity index (χ0n) is 42.5. The van der Waals surface area contributed by atoms with E-state index in [0.29, 0.717) is 0 Å². The highest BCUT2D eigenvalue weighted by molar-refractivity contribution is 6.26. The Bertz CT molecular complexity index is 4800. The first kappa shape index (κ1) is 42.7. The van der Waals surface area contributed by atoms with Crippen LogP contribution in [-0.4, -0.2) is 8.80 Å². The van der Waals surface area contributed by atoms with Crippen molar-refractivity contribution in [3.8, 4) is 66.8 Å². The summed E-state index contributed by atoms with van der Waals surface area (Å²) in [5.74, 6) is 0. The molecule has 74 heavy (non-hydrogen) atoms. The Morgan fingerprint density at radius 3 is 1.35 bits per heavy atom. The van der Waals surface area contributed by atoms with E-state index in [1.54, 1.807) is 0 Å². The minimum atomic E-state index is 1.22. The van der Waals surface area contributed by atoms with E-state index >= 15 is 0 Å². The molecular formula is C72H52N2. The third kappa shape index (κ3) is 6.06. The summed E-state index contributed by atoms with van der Waals surface area (Å²) in [6.45, 7) is 13.5. The number of hydrogen-bond donors (Lipinski definition) is 0. The molecule has 0 atom stereocenters. The van der Waals surface area contributed by atoms with E-state index in [9.17, 15) is 0 Å². The van der Waals surface area contributed by atoms with Gasteiger partial charge in [0, 0.05) is 43.1 Å². The summed E-state index contributed by atoms with van der Waals surface area (Å²) in [5.41, 5.74) is 30.6. The number of para-hydroxylation sites is 3. The zero-order valence-corrected chi connectivity index (χ0v) is 42.5. The van der Waals surface area contributed by atoms with E-state index in [0.717, 1.165) is 0 Å². The standard InChI is InChI=1S/C72H52N2/c1-41-13-9-14-42(2)69(41)62-38-45(5)61(37-46(62)6)52-30-34-67-64(40-52)59-19-11-20-60-70-55(16-12-22-68(70)74(67)72(59)60)48-25-23-47(24-26-48)49-27-31-53(43(3)35-49)54-32-28-50(36-44(54)4)51-29-33-66-63(39-51)58-18-10-17-57-56-15-7-8-21-65(56)73(66)71(57)58/h7-40H,1-6H3. The van der Waals surface area contributed by atoms with Crippen LogP contribution in [0, 0.1) is 41.5 Å². The molecule has 0 aliphatic heterocycles. The maximum absolute atomic E-state index is 2.51. The van der Waals surface area contributed by atoms with Crippen LogP contribution < -0.4 is 0 Å². The fraction of sp³-hybridized carbons (Fsp3) is 0.0833. The van der Waals surface area contributed by atoms with Gasteiger partial charge in [0.25, 0.3) is 0 Å². The van der Waals surface area contributed by atoms with E-state index in [1.807, 2.05) is 0 Å². The Kier molecular flexibility index (Phi) is 9.09. The number of fused-ring (bicyclic) bond motifs is 12. The molecule has 15 rings (SSSR count). The second-order valence-corrected chi connectivity index (χ2v) is 21.1. The predicted octanol–water partition coefficient (Wildman–Crippen LogP) is 19.8. The molecule has 0 unspecified atom stereocenters. The van der Waals surface area contributed by atoms with E-state index in [1.165, 1.54) is 176 Å². The van der Waals surface area contributed by atoms with Gasteiger partial charge in [-0.3, -0.25) is 0 Å². The summed E-state index contributed by atoms with van der Waals surface area (Å²) in [5, 5.41) is 10.4. The molecule has 0 bridgehead atoms. The summed E-state index contributed by atoms with van der Waals surface area (Å²) < 4.78 is 4.96. The Morgan fingerprint density at radius 1 is 0.230 bits per heavy atom. The molecule has 0 radical (unpaired) electrons. The fourth-order valence-corrected chi connectivity index (χ4v) is 13.3. The molecule has 0 N–H and O–H groups in total. The minimum absolute atomic E-state index is 1.22. The number of rotatable bonds is 6. The van der Waals surface area contributed by atoms with Crippen LogP contribution in [0.2, 0.25) is 0 Å². The topological polar surface area (TPSA) is 8.82 Å². The van der Waals surface area contributed by atoms with E-state index < -0.39 is 0 Å². The molecule has 0 spiro atoms. The smallest absolute Gasteiger partial charge is 0.0620 e. The highest BCUT2D eigenvalue weighted by atomic mass is 14.9. The lowest BCUT2D eigenvalue weighted by molar-refractivity contribution is 1.33. The number of aryl methyl sites for hydroxylation is 6. The monoisotopic (exact) mass is 944 g/mol. The van der Waals surface area contributed by atoms with E-state index in [2.05, 4.69) is 257 Å². The quantitative estimate of drug-likeness (QED) is 0.157. The van der Waals surface area contributed by atoms with Gasteiger partial charge in [0.1, 0.15) is 0 Å². The third-order valence-corrected chi connectivity index (χ3v) is 16.8. The highest BCUT2D eigenvalue weighted by Gasteiger charge is 2.22.